The lowest BCUT2D eigenvalue weighted by Crippen LogP contribution is -2.47. The Morgan fingerprint density at radius 2 is 1.83 bits per heavy atom. The summed E-state index contributed by atoms with van der Waals surface area (Å²) in [7, 11) is 3.54. The van der Waals surface area contributed by atoms with E-state index in [1.54, 1.807) is 47.8 Å². The number of anilines is 1. The standard InChI is InChI=1S/C40H35FN8O4/c1-22(2)36-37-34(48(3)40(53)49(37)4)19-32(46-36)26-9-5-8-24-18-31(44-21-27(24)26)25-11-13-29(43-20-25)38(51)42-16-6-7-23-10-12-28(41)33(17-23)45-30-14-15-35(50)47-39(30)52/h5,8-13,17-22,30,45H,14-16H2,1-4H3,(H,42,51)(H,47,50,52). The number of imide groups is 1. The predicted octanol–water partition coefficient (Wildman–Crippen LogP) is 4.81. The summed E-state index contributed by atoms with van der Waals surface area (Å²) in [5.41, 5.74) is 6.25. The molecule has 1 aliphatic rings. The van der Waals surface area contributed by atoms with Crippen LogP contribution < -0.4 is 21.6 Å². The maximum atomic E-state index is 14.4. The Morgan fingerprint density at radius 3 is 2.58 bits per heavy atom. The number of aromatic nitrogens is 5. The predicted molar refractivity (Wildman–Crippen MR) is 199 cm³/mol. The van der Waals surface area contributed by atoms with Gasteiger partial charge in [0, 0.05) is 55.0 Å². The molecule has 0 aliphatic carbocycles. The molecule has 0 saturated carbocycles. The molecular formula is C40H35FN8O4. The van der Waals surface area contributed by atoms with Gasteiger partial charge in [-0.25, -0.2) is 9.18 Å². The summed E-state index contributed by atoms with van der Waals surface area (Å²) in [5.74, 6) is 4.00. The molecule has 5 heterocycles. The zero-order chi connectivity index (χ0) is 37.4. The van der Waals surface area contributed by atoms with Crippen LogP contribution in [0.15, 0.2) is 77.9 Å². The molecule has 1 atom stereocenters. The lowest BCUT2D eigenvalue weighted by molar-refractivity contribution is -0.133. The molecular weight excluding hydrogens is 675 g/mol. The van der Waals surface area contributed by atoms with Gasteiger partial charge in [0.2, 0.25) is 11.8 Å². The van der Waals surface area contributed by atoms with E-state index in [4.69, 9.17) is 9.97 Å². The maximum absolute atomic E-state index is 14.4. The van der Waals surface area contributed by atoms with E-state index >= 15 is 0 Å². The Labute approximate surface area is 303 Å². The van der Waals surface area contributed by atoms with Crippen molar-refractivity contribution in [1.82, 2.24) is 34.7 Å². The number of carbonyl (C=O) groups is 3. The van der Waals surface area contributed by atoms with E-state index in [0.717, 1.165) is 44.3 Å². The summed E-state index contributed by atoms with van der Waals surface area (Å²) in [5, 5.41) is 9.64. The summed E-state index contributed by atoms with van der Waals surface area (Å²) in [6.07, 6.45) is 3.82. The number of halogens is 1. The van der Waals surface area contributed by atoms with Crippen LogP contribution in [0.1, 0.15) is 54.4 Å². The van der Waals surface area contributed by atoms with Gasteiger partial charge in [0.1, 0.15) is 17.6 Å². The number of imidazole rings is 1. The number of fused-ring (bicyclic) bond motifs is 2. The zero-order valence-corrected chi connectivity index (χ0v) is 29.5. The monoisotopic (exact) mass is 710 g/mol. The van der Waals surface area contributed by atoms with E-state index in [-0.39, 0.29) is 48.3 Å². The third-order valence-electron chi connectivity index (χ3n) is 9.26. The van der Waals surface area contributed by atoms with Crippen LogP contribution in [-0.2, 0) is 23.7 Å². The largest absolute Gasteiger partial charge is 0.371 e. The second kappa shape index (κ2) is 14.1. The van der Waals surface area contributed by atoms with Crippen molar-refractivity contribution in [2.45, 2.75) is 38.6 Å². The molecule has 12 nitrogen and oxygen atoms in total. The van der Waals surface area contributed by atoms with E-state index in [0.29, 0.717) is 11.3 Å². The smallest absolute Gasteiger partial charge is 0.328 e. The third kappa shape index (κ3) is 6.86. The van der Waals surface area contributed by atoms with Crippen LogP contribution in [-0.4, -0.2) is 54.4 Å². The van der Waals surface area contributed by atoms with Crippen molar-refractivity contribution in [2.24, 2.45) is 14.1 Å². The summed E-state index contributed by atoms with van der Waals surface area (Å²) in [6.45, 7) is 4.15. The number of carbonyl (C=O) groups excluding carboxylic acids is 3. The van der Waals surface area contributed by atoms with Crippen molar-refractivity contribution in [3.05, 3.63) is 106 Å². The van der Waals surface area contributed by atoms with Gasteiger partial charge in [-0.05, 0) is 60.2 Å². The highest BCUT2D eigenvalue weighted by Gasteiger charge is 2.27. The zero-order valence-electron chi connectivity index (χ0n) is 29.5. The minimum absolute atomic E-state index is 0.0190. The molecule has 53 heavy (non-hydrogen) atoms. The van der Waals surface area contributed by atoms with Crippen LogP contribution in [0.2, 0.25) is 0 Å². The van der Waals surface area contributed by atoms with Crippen molar-refractivity contribution in [1.29, 1.82) is 0 Å². The number of aryl methyl sites for hydroxylation is 2. The molecule has 13 heteroatoms. The van der Waals surface area contributed by atoms with E-state index < -0.39 is 23.7 Å². The average molecular weight is 711 g/mol. The molecule has 3 N–H and O–H groups in total. The molecule has 2 aromatic carbocycles. The van der Waals surface area contributed by atoms with Crippen LogP contribution in [0, 0.1) is 17.7 Å². The first-order valence-electron chi connectivity index (χ1n) is 17.1. The summed E-state index contributed by atoms with van der Waals surface area (Å²) >= 11 is 0. The van der Waals surface area contributed by atoms with Gasteiger partial charge in [-0.1, -0.05) is 43.9 Å². The Morgan fingerprint density at radius 1 is 1.00 bits per heavy atom. The molecule has 6 aromatic rings. The first-order chi connectivity index (χ1) is 25.5. The van der Waals surface area contributed by atoms with Gasteiger partial charge in [-0.3, -0.25) is 43.8 Å². The van der Waals surface area contributed by atoms with Crippen LogP contribution in [0.25, 0.3) is 44.3 Å². The van der Waals surface area contributed by atoms with Gasteiger partial charge < -0.3 is 10.6 Å². The second-order valence-corrected chi connectivity index (χ2v) is 13.2. The van der Waals surface area contributed by atoms with Gasteiger partial charge in [0.05, 0.1) is 40.3 Å². The van der Waals surface area contributed by atoms with Crippen molar-refractivity contribution >= 4 is 45.2 Å². The molecule has 1 saturated heterocycles. The minimum atomic E-state index is -0.732. The first-order valence-corrected chi connectivity index (χ1v) is 17.1. The summed E-state index contributed by atoms with van der Waals surface area (Å²) in [6, 6.07) is 16.8. The highest BCUT2D eigenvalue weighted by Crippen LogP contribution is 2.33. The van der Waals surface area contributed by atoms with Crippen molar-refractivity contribution in [3.8, 4) is 34.4 Å². The number of benzene rings is 2. The Kier molecular flexibility index (Phi) is 9.28. The van der Waals surface area contributed by atoms with Crippen LogP contribution >= 0.6 is 0 Å². The number of amides is 3. The van der Waals surface area contributed by atoms with E-state index in [1.807, 2.05) is 30.3 Å². The van der Waals surface area contributed by atoms with Crippen LogP contribution in [0.5, 0.6) is 0 Å². The van der Waals surface area contributed by atoms with E-state index in [2.05, 4.69) is 46.6 Å². The molecule has 3 amide bonds. The fraction of sp³-hybridized carbons (Fsp3) is 0.225. The summed E-state index contributed by atoms with van der Waals surface area (Å²) in [4.78, 5) is 63.1. The molecule has 1 fully saturated rings. The van der Waals surface area contributed by atoms with E-state index in [9.17, 15) is 23.6 Å². The topological polar surface area (TPSA) is 153 Å². The molecule has 266 valence electrons. The lowest BCUT2D eigenvalue weighted by Gasteiger charge is -2.23. The van der Waals surface area contributed by atoms with Gasteiger partial charge in [-0.15, -0.1) is 0 Å². The van der Waals surface area contributed by atoms with Crippen molar-refractivity contribution in [3.63, 3.8) is 0 Å². The number of piperidine rings is 1. The van der Waals surface area contributed by atoms with Crippen molar-refractivity contribution in [2.75, 3.05) is 11.9 Å². The van der Waals surface area contributed by atoms with E-state index in [1.165, 1.54) is 18.2 Å². The Balaban J connectivity index is 1.04. The molecule has 0 spiro atoms. The first kappa shape index (κ1) is 34.8. The quantitative estimate of drug-likeness (QED) is 0.158. The highest BCUT2D eigenvalue weighted by atomic mass is 19.1. The normalized spacial score (nSPS) is 14.3. The summed E-state index contributed by atoms with van der Waals surface area (Å²) < 4.78 is 17.7. The average Bonchev–Trinajstić information content (AvgIpc) is 3.37. The fourth-order valence-corrected chi connectivity index (χ4v) is 6.43. The number of pyridine rings is 3. The van der Waals surface area contributed by atoms with Gasteiger partial charge >= 0.3 is 5.69 Å². The van der Waals surface area contributed by atoms with Gasteiger partial charge in [-0.2, -0.15) is 0 Å². The number of nitrogens with zero attached hydrogens (tertiary/aromatic N) is 5. The van der Waals surface area contributed by atoms with Crippen LogP contribution in [0.4, 0.5) is 10.1 Å². The number of hydrogen-bond acceptors (Lipinski definition) is 8. The van der Waals surface area contributed by atoms with Gasteiger partial charge in [0.15, 0.2) is 0 Å². The Hall–Kier alpha value is -6.68. The SMILES string of the molecule is CC(C)c1nc(-c2cccc3cc(-c4ccc(C(=O)NCC#Cc5ccc(F)c(NC6CCC(=O)NC6=O)c5)nc4)ncc23)cc2c1n(C)c(=O)n2C. The lowest BCUT2D eigenvalue weighted by atomic mass is 10.00. The molecule has 0 radical (unpaired) electrons. The fourth-order valence-electron chi connectivity index (χ4n) is 6.43. The minimum Gasteiger partial charge on any atom is -0.371 e. The number of rotatable bonds is 7. The molecule has 7 rings (SSSR count). The second-order valence-electron chi connectivity index (χ2n) is 13.2. The molecule has 1 unspecified atom stereocenters. The Bertz CT molecular complexity index is 2580. The molecule has 4 aromatic heterocycles. The number of hydrogen-bond donors (Lipinski definition) is 3. The number of nitrogens with one attached hydrogen (secondary N) is 3. The molecule has 1 aliphatic heterocycles. The maximum Gasteiger partial charge on any atom is 0.328 e. The third-order valence-corrected chi connectivity index (χ3v) is 9.26. The highest BCUT2D eigenvalue weighted by molar-refractivity contribution is 6.01. The van der Waals surface area contributed by atoms with Crippen LogP contribution in [0.3, 0.4) is 0 Å². The van der Waals surface area contributed by atoms with Gasteiger partial charge in [0.25, 0.3) is 5.91 Å². The molecule has 0 bridgehead atoms. The van der Waals surface area contributed by atoms with Crippen molar-refractivity contribution < 1.29 is 18.8 Å².